The predicted octanol–water partition coefficient (Wildman–Crippen LogP) is 2.27. The Morgan fingerprint density at radius 1 is 1.32 bits per heavy atom. The lowest BCUT2D eigenvalue weighted by Gasteiger charge is -2.02. The highest BCUT2D eigenvalue weighted by Crippen LogP contribution is 2.14. The third kappa shape index (κ3) is 3.15. The average Bonchev–Trinajstić information content (AvgIpc) is 3.24. The summed E-state index contributed by atoms with van der Waals surface area (Å²) < 4.78 is 6.78. The summed E-state index contributed by atoms with van der Waals surface area (Å²) >= 11 is 1.41. The molecule has 0 atom stereocenters. The van der Waals surface area contributed by atoms with E-state index in [4.69, 9.17) is 4.74 Å². The fourth-order valence-corrected chi connectivity index (χ4v) is 2.55. The molecule has 2 heterocycles. The van der Waals surface area contributed by atoms with Gasteiger partial charge in [0.2, 0.25) is 0 Å². The minimum atomic E-state index is -0.103. The lowest BCUT2D eigenvalue weighted by Crippen LogP contribution is -2.21. The van der Waals surface area contributed by atoms with Gasteiger partial charge in [0.1, 0.15) is 11.4 Å². The second kappa shape index (κ2) is 6.40. The molecule has 0 spiro atoms. The summed E-state index contributed by atoms with van der Waals surface area (Å²) in [6.45, 7) is 0.340. The molecule has 3 rings (SSSR count). The Hall–Kier alpha value is -2.67. The number of benzene rings is 1. The average molecular weight is 314 g/mol. The number of nitrogens with one attached hydrogen (secondary N) is 1. The fraction of sp³-hybridized carbons (Fsp3) is 0.133. The van der Waals surface area contributed by atoms with Gasteiger partial charge < -0.3 is 10.1 Å². The minimum absolute atomic E-state index is 0.103. The van der Waals surface area contributed by atoms with Crippen LogP contribution in [0, 0.1) is 0 Å². The number of aromatic nitrogens is 3. The maximum atomic E-state index is 11.9. The first-order chi connectivity index (χ1) is 10.8. The van der Waals surface area contributed by atoms with Crippen molar-refractivity contribution in [1.29, 1.82) is 0 Å². The van der Waals surface area contributed by atoms with E-state index < -0.39 is 0 Å². The molecule has 0 saturated carbocycles. The van der Waals surface area contributed by atoms with Crippen LogP contribution in [0.5, 0.6) is 5.75 Å². The molecule has 22 heavy (non-hydrogen) atoms. The van der Waals surface area contributed by atoms with Gasteiger partial charge in [0.15, 0.2) is 0 Å². The molecular formula is C15H14N4O2S. The zero-order valence-corrected chi connectivity index (χ0v) is 12.7. The van der Waals surface area contributed by atoms with Crippen molar-refractivity contribution in [3.05, 3.63) is 58.5 Å². The summed E-state index contributed by atoms with van der Waals surface area (Å²) in [7, 11) is 1.62. The molecule has 3 aromatic rings. The van der Waals surface area contributed by atoms with Crippen LogP contribution >= 0.6 is 11.3 Å². The van der Waals surface area contributed by atoms with Gasteiger partial charge in [-0.3, -0.25) is 4.79 Å². The normalized spacial score (nSPS) is 10.4. The maximum absolute atomic E-state index is 11.9. The largest absolute Gasteiger partial charge is 0.497 e. The second-order valence-corrected chi connectivity index (χ2v) is 5.46. The number of amides is 1. The van der Waals surface area contributed by atoms with Crippen molar-refractivity contribution in [2.45, 2.75) is 6.54 Å². The summed E-state index contributed by atoms with van der Waals surface area (Å²) in [5.41, 5.74) is 1.57. The lowest BCUT2D eigenvalue weighted by molar-refractivity contribution is 0.0954. The number of carbonyl (C=O) groups is 1. The Morgan fingerprint density at radius 2 is 2.14 bits per heavy atom. The Kier molecular flexibility index (Phi) is 4.15. The highest BCUT2D eigenvalue weighted by molar-refractivity contribution is 7.12. The topological polar surface area (TPSA) is 69.0 Å². The van der Waals surface area contributed by atoms with Gasteiger partial charge in [-0.05, 0) is 35.7 Å². The van der Waals surface area contributed by atoms with E-state index >= 15 is 0 Å². The van der Waals surface area contributed by atoms with E-state index in [0.29, 0.717) is 17.1 Å². The maximum Gasteiger partial charge on any atom is 0.261 e. The molecule has 0 aliphatic carbocycles. The quantitative estimate of drug-likeness (QED) is 0.784. The third-order valence-electron chi connectivity index (χ3n) is 3.05. The van der Waals surface area contributed by atoms with Crippen LogP contribution in [0.3, 0.4) is 0 Å². The Bertz CT molecular complexity index is 750. The fourth-order valence-electron chi connectivity index (χ4n) is 1.91. The van der Waals surface area contributed by atoms with Crippen molar-refractivity contribution in [2.75, 3.05) is 7.11 Å². The van der Waals surface area contributed by atoms with Gasteiger partial charge in [-0.15, -0.1) is 16.4 Å². The number of ether oxygens (including phenoxy) is 1. The van der Waals surface area contributed by atoms with Gasteiger partial charge in [-0.25, -0.2) is 4.68 Å². The molecule has 0 radical (unpaired) electrons. The van der Waals surface area contributed by atoms with Gasteiger partial charge in [0, 0.05) is 0 Å². The van der Waals surface area contributed by atoms with Crippen LogP contribution in [0.1, 0.15) is 15.4 Å². The Morgan fingerprint density at radius 3 is 2.82 bits per heavy atom. The van der Waals surface area contributed by atoms with Crippen LogP contribution in [0.15, 0.2) is 48.0 Å². The summed E-state index contributed by atoms with van der Waals surface area (Å²) in [6, 6.07) is 11.1. The number of methoxy groups -OCH3 is 1. The Balaban J connectivity index is 1.64. The van der Waals surface area contributed by atoms with E-state index in [1.54, 1.807) is 24.1 Å². The van der Waals surface area contributed by atoms with Crippen LogP contribution in [0.25, 0.3) is 5.69 Å². The molecule has 1 N–H and O–H groups in total. The molecule has 6 nitrogen and oxygen atoms in total. The molecule has 0 aliphatic heterocycles. The van der Waals surface area contributed by atoms with Crippen LogP contribution in [-0.4, -0.2) is 28.0 Å². The van der Waals surface area contributed by atoms with Crippen molar-refractivity contribution < 1.29 is 9.53 Å². The molecule has 0 saturated heterocycles. The van der Waals surface area contributed by atoms with Crippen molar-refractivity contribution in [3.8, 4) is 11.4 Å². The van der Waals surface area contributed by atoms with Crippen LogP contribution in [-0.2, 0) is 6.54 Å². The minimum Gasteiger partial charge on any atom is -0.497 e. The molecule has 0 aliphatic rings. The van der Waals surface area contributed by atoms with E-state index in [-0.39, 0.29) is 5.91 Å². The first-order valence-corrected chi connectivity index (χ1v) is 7.51. The predicted molar refractivity (Wildman–Crippen MR) is 83.4 cm³/mol. The SMILES string of the molecule is COc1ccc(-n2cc(CNC(=O)c3cccs3)nn2)cc1. The smallest absolute Gasteiger partial charge is 0.261 e. The van der Waals surface area contributed by atoms with Crippen molar-refractivity contribution in [3.63, 3.8) is 0 Å². The zero-order valence-electron chi connectivity index (χ0n) is 11.9. The standard InChI is InChI=1S/C15H14N4O2S/c1-21-13-6-4-12(5-7-13)19-10-11(17-18-19)9-16-15(20)14-3-2-8-22-14/h2-8,10H,9H2,1H3,(H,16,20). The van der Waals surface area contributed by atoms with E-state index in [9.17, 15) is 4.79 Å². The van der Waals surface area contributed by atoms with E-state index in [1.165, 1.54) is 11.3 Å². The molecule has 2 aromatic heterocycles. The first kappa shape index (κ1) is 14.3. The van der Waals surface area contributed by atoms with Gasteiger partial charge in [0.05, 0.1) is 30.4 Å². The van der Waals surface area contributed by atoms with Gasteiger partial charge in [0.25, 0.3) is 5.91 Å². The van der Waals surface area contributed by atoms with Gasteiger partial charge in [-0.2, -0.15) is 0 Å². The van der Waals surface area contributed by atoms with Crippen LogP contribution in [0.4, 0.5) is 0 Å². The molecule has 1 amide bonds. The zero-order chi connectivity index (χ0) is 15.4. The number of thiophene rings is 1. The number of carbonyl (C=O) groups excluding carboxylic acids is 1. The Labute approximate surface area is 131 Å². The summed E-state index contributed by atoms with van der Waals surface area (Å²) in [5.74, 6) is 0.682. The molecule has 112 valence electrons. The highest BCUT2D eigenvalue weighted by atomic mass is 32.1. The molecule has 0 unspecified atom stereocenters. The van der Waals surface area contributed by atoms with Crippen molar-refractivity contribution in [1.82, 2.24) is 20.3 Å². The van der Waals surface area contributed by atoms with Gasteiger partial charge >= 0.3 is 0 Å². The molecular weight excluding hydrogens is 300 g/mol. The number of hydrogen-bond donors (Lipinski definition) is 1. The number of nitrogens with zero attached hydrogens (tertiary/aromatic N) is 3. The van der Waals surface area contributed by atoms with Crippen LogP contribution in [0.2, 0.25) is 0 Å². The monoisotopic (exact) mass is 314 g/mol. The summed E-state index contributed by atoms with van der Waals surface area (Å²) in [5, 5.41) is 12.8. The van der Waals surface area contributed by atoms with E-state index in [0.717, 1.165) is 11.4 Å². The lowest BCUT2D eigenvalue weighted by atomic mass is 10.3. The molecule has 1 aromatic carbocycles. The molecule has 0 fully saturated rings. The third-order valence-corrected chi connectivity index (χ3v) is 3.92. The molecule has 0 bridgehead atoms. The van der Waals surface area contributed by atoms with Crippen molar-refractivity contribution >= 4 is 17.2 Å². The first-order valence-electron chi connectivity index (χ1n) is 6.63. The summed E-state index contributed by atoms with van der Waals surface area (Å²) in [6.07, 6.45) is 1.79. The van der Waals surface area contributed by atoms with Gasteiger partial charge in [-0.1, -0.05) is 11.3 Å². The number of hydrogen-bond acceptors (Lipinski definition) is 5. The second-order valence-electron chi connectivity index (χ2n) is 4.51. The van der Waals surface area contributed by atoms with E-state index in [2.05, 4.69) is 15.6 Å². The van der Waals surface area contributed by atoms with Crippen molar-refractivity contribution in [2.24, 2.45) is 0 Å². The van der Waals surface area contributed by atoms with E-state index in [1.807, 2.05) is 35.7 Å². The summed E-state index contributed by atoms with van der Waals surface area (Å²) in [4.78, 5) is 12.5. The van der Waals surface area contributed by atoms with Crippen LogP contribution < -0.4 is 10.1 Å². The number of rotatable bonds is 5. The molecule has 7 heteroatoms. The highest BCUT2D eigenvalue weighted by Gasteiger charge is 2.08.